The second-order valence-corrected chi connectivity index (χ2v) is 4.12. The molecule has 2 amide bonds. The van der Waals surface area contributed by atoms with E-state index in [0.717, 1.165) is 12.0 Å². The number of ether oxygens (including phenoxy) is 3. The molecule has 0 aromatic heterocycles. The highest BCUT2D eigenvalue weighted by atomic mass is 16.5. The summed E-state index contributed by atoms with van der Waals surface area (Å²) in [7, 11) is 4.70. The van der Waals surface area contributed by atoms with Crippen LogP contribution in [0.5, 0.6) is 17.2 Å². The lowest BCUT2D eigenvalue weighted by Crippen LogP contribution is -2.35. The van der Waals surface area contributed by atoms with E-state index in [4.69, 9.17) is 14.2 Å². The molecular weight excluding hydrogens is 260 g/mol. The second kappa shape index (κ2) is 8.14. The van der Waals surface area contributed by atoms with E-state index in [9.17, 15) is 4.79 Å². The lowest BCUT2D eigenvalue weighted by atomic mass is 10.1. The number of amides is 2. The van der Waals surface area contributed by atoms with Crippen molar-refractivity contribution in [1.82, 2.24) is 10.6 Å². The van der Waals surface area contributed by atoms with Crippen LogP contribution in [-0.4, -0.2) is 33.9 Å². The summed E-state index contributed by atoms with van der Waals surface area (Å²) in [5.41, 5.74) is 0.766. The fourth-order valence-electron chi connectivity index (χ4n) is 1.72. The molecular formula is C14H22N2O4. The van der Waals surface area contributed by atoms with Crippen LogP contribution in [0.2, 0.25) is 0 Å². The first kappa shape index (κ1) is 15.9. The number of hydrogen-bond acceptors (Lipinski definition) is 4. The number of hydrogen-bond donors (Lipinski definition) is 2. The lowest BCUT2D eigenvalue weighted by molar-refractivity contribution is 0.240. The van der Waals surface area contributed by atoms with Crippen LogP contribution in [-0.2, 0) is 6.54 Å². The Balaban J connectivity index is 2.84. The van der Waals surface area contributed by atoms with E-state index >= 15 is 0 Å². The van der Waals surface area contributed by atoms with E-state index in [-0.39, 0.29) is 6.03 Å². The van der Waals surface area contributed by atoms with Gasteiger partial charge in [-0.15, -0.1) is 0 Å². The normalized spacial score (nSPS) is 9.80. The van der Waals surface area contributed by atoms with Crippen molar-refractivity contribution in [3.63, 3.8) is 0 Å². The zero-order valence-corrected chi connectivity index (χ0v) is 12.4. The maximum atomic E-state index is 11.6. The molecule has 0 aliphatic heterocycles. The fourth-order valence-corrected chi connectivity index (χ4v) is 1.72. The smallest absolute Gasteiger partial charge is 0.315 e. The van der Waals surface area contributed by atoms with Crippen LogP contribution >= 0.6 is 0 Å². The summed E-state index contributed by atoms with van der Waals surface area (Å²) in [5, 5.41) is 5.51. The van der Waals surface area contributed by atoms with Gasteiger partial charge in [-0.25, -0.2) is 4.79 Å². The van der Waals surface area contributed by atoms with Crippen molar-refractivity contribution in [3.8, 4) is 17.2 Å². The number of methoxy groups -OCH3 is 3. The monoisotopic (exact) mass is 282 g/mol. The van der Waals surface area contributed by atoms with E-state index in [0.29, 0.717) is 30.3 Å². The minimum absolute atomic E-state index is 0.216. The van der Waals surface area contributed by atoms with Crippen molar-refractivity contribution < 1.29 is 19.0 Å². The van der Waals surface area contributed by atoms with Gasteiger partial charge in [0.25, 0.3) is 0 Å². The van der Waals surface area contributed by atoms with Crippen molar-refractivity contribution >= 4 is 6.03 Å². The number of benzene rings is 1. The first-order valence-electron chi connectivity index (χ1n) is 6.46. The molecule has 6 nitrogen and oxygen atoms in total. The highest BCUT2D eigenvalue weighted by Crippen LogP contribution is 2.33. The molecule has 0 saturated heterocycles. The minimum atomic E-state index is -0.216. The summed E-state index contributed by atoms with van der Waals surface area (Å²) >= 11 is 0. The Morgan fingerprint density at radius 3 is 2.10 bits per heavy atom. The molecule has 0 heterocycles. The third-order valence-corrected chi connectivity index (χ3v) is 2.78. The molecule has 1 rings (SSSR count). The van der Waals surface area contributed by atoms with Crippen molar-refractivity contribution in [2.75, 3.05) is 27.9 Å². The first-order chi connectivity index (χ1) is 9.65. The van der Waals surface area contributed by atoms with Gasteiger partial charge in [0.1, 0.15) is 17.2 Å². The average molecular weight is 282 g/mol. The molecule has 0 unspecified atom stereocenters. The molecule has 0 saturated carbocycles. The number of rotatable bonds is 7. The van der Waals surface area contributed by atoms with Gasteiger partial charge in [-0.1, -0.05) is 6.92 Å². The largest absolute Gasteiger partial charge is 0.496 e. The molecule has 20 heavy (non-hydrogen) atoms. The van der Waals surface area contributed by atoms with Crippen molar-refractivity contribution in [3.05, 3.63) is 17.7 Å². The third kappa shape index (κ3) is 4.22. The summed E-state index contributed by atoms with van der Waals surface area (Å²) in [5.74, 6) is 1.85. The molecule has 6 heteroatoms. The first-order valence-corrected chi connectivity index (χ1v) is 6.46. The predicted molar refractivity (Wildman–Crippen MR) is 76.6 cm³/mol. The predicted octanol–water partition coefficient (Wildman–Crippen LogP) is 1.92. The van der Waals surface area contributed by atoms with Crippen LogP contribution < -0.4 is 24.8 Å². The molecule has 1 aromatic rings. The number of carbonyl (C=O) groups excluding carboxylic acids is 1. The van der Waals surface area contributed by atoms with Gasteiger partial charge in [0.2, 0.25) is 0 Å². The van der Waals surface area contributed by atoms with Crippen LogP contribution in [0.1, 0.15) is 18.9 Å². The van der Waals surface area contributed by atoms with E-state index in [1.807, 2.05) is 6.92 Å². The van der Waals surface area contributed by atoms with Gasteiger partial charge in [-0.3, -0.25) is 0 Å². The van der Waals surface area contributed by atoms with Gasteiger partial charge in [0, 0.05) is 18.7 Å². The Bertz CT molecular complexity index is 424. The molecule has 0 bridgehead atoms. The highest BCUT2D eigenvalue weighted by Gasteiger charge is 2.14. The summed E-state index contributed by atoms with van der Waals surface area (Å²) in [4.78, 5) is 11.6. The second-order valence-electron chi connectivity index (χ2n) is 4.12. The van der Waals surface area contributed by atoms with Gasteiger partial charge in [0.15, 0.2) is 0 Å². The maximum absolute atomic E-state index is 11.6. The summed E-state index contributed by atoms with van der Waals surface area (Å²) in [6, 6.07) is 3.29. The standard InChI is InChI=1S/C14H22N2O4/c1-5-6-15-14(17)16-9-11-12(19-3)7-10(18-2)8-13(11)20-4/h7-8H,5-6,9H2,1-4H3,(H2,15,16,17). The number of urea groups is 1. The van der Waals surface area contributed by atoms with Crippen LogP contribution in [0.3, 0.4) is 0 Å². The van der Waals surface area contributed by atoms with Crippen LogP contribution in [0, 0.1) is 0 Å². The number of nitrogens with one attached hydrogen (secondary N) is 2. The number of carbonyl (C=O) groups is 1. The van der Waals surface area contributed by atoms with Crippen LogP contribution in [0.25, 0.3) is 0 Å². The molecule has 0 aliphatic rings. The Morgan fingerprint density at radius 1 is 1.05 bits per heavy atom. The highest BCUT2D eigenvalue weighted by molar-refractivity contribution is 5.74. The van der Waals surface area contributed by atoms with Crippen LogP contribution in [0.15, 0.2) is 12.1 Å². The molecule has 0 aliphatic carbocycles. The Morgan fingerprint density at radius 2 is 1.65 bits per heavy atom. The molecule has 2 N–H and O–H groups in total. The third-order valence-electron chi connectivity index (χ3n) is 2.78. The van der Waals surface area contributed by atoms with Gasteiger partial charge in [0.05, 0.1) is 33.4 Å². The Kier molecular flexibility index (Phi) is 6.49. The van der Waals surface area contributed by atoms with E-state index in [1.54, 1.807) is 33.5 Å². The molecule has 0 atom stereocenters. The Labute approximate surface area is 119 Å². The van der Waals surface area contributed by atoms with Gasteiger partial charge in [-0.05, 0) is 6.42 Å². The Hall–Kier alpha value is -2.11. The molecule has 1 aromatic carbocycles. The average Bonchev–Trinajstić information content (AvgIpc) is 2.49. The SMILES string of the molecule is CCCNC(=O)NCc1c(OC)cc(OC)cc1OC. The summed E-state index contributed by atoms with van der Waals surface area (Å²) in [6.07, 6.45) is 0.891. The van der Waals surface area contributed by atoms with Gasteiger partial charge in [-0.2, -0.15) is 0 Å². The van der Waals surface area contributed by atoms with Gasteiger partial charge >= 0.3 is 6.03 Å². The van der Waals surface area contributed by atoms with E-state index in [1.165, 1.54) is 0 Å². The zero-order chi connectivity index (χ0) is 15.0. The van der Waals surface area contributed by atoms with E-state index in [2.05, 4.69) is 10.6 Å². The maximum Gasteiger partial charge on any atom is 0.315 e. The fraction of sp³-hybridized carbons (Fsp3) is 0.500. The molecule has 0 spiro atoms. The molecule has 0 fully saturated rings. The minimum Gasteiger partial charge on any atom is -0.496 e. The van der Waals surface area contributed by atoms with Crippen molar-refractivity contribution in [2.45, 2.75) is 19.9 Å². The summed E-state index contributed by atoms with van der Waals surface area (Å²) in [6.45, 7) is 2.95. The lowest BCUT2D eigenvalue weighted by Gasteiger charge is -2.15. The molecule has 112 valence electrons. The van der Waals surface area contributed by atoms with Crippen molar-refractivity contribution in [2.24, 2.45) is 0 Å². The van der Waals surface area contributed by atoms with Crippen molar-refractivity contribution in [1.29, 1.82) is 0 Å². The molecule has 0 radical (unpaired) electrons. The van der Waals surface area contributed by atoms with Gasteiger partial charge < -0.3 is 24.8 Å². The topological polar surface area (TPSA) is 68.8 Å². The zero-order valence-electron chi connectivity index (χ0n) is 12.4. The quantitative estimate of drug-likeness (QED) is 0.801. The van der Waals surface area contributed by atoms with E-state index < -0.39 is 0 Å². The van der Waals surface area contributed by atoms with Crippen LogP contribution in [0.4, 0.5) is 4.79 Å². The summed E-state index contributed by atoms with van der Waals surface area (Å²) < 4.78 is 15.8.